The van der Waals surface area contributed by atoms with Crippen LogP contribution in [0.4, 0.5) is 0 Å². The summed E-state index contributed by atoms with van der Waals surface area (Å²) >= 11 is 0. The van der Waals surface area contributed by atoms with Gasteiger partial charge in [-0.15, -0.1) is 0 Å². The summed E-state index contributed by atoms with van der Waals surface area (Å²) in [5.74, 6) is 0. The second-order valence-electron chi connectivity index (χ2n) is 8.90. The molecule has 0 amide bonds. The molecule has 0 unspecified atom stereocenters. The first-order valence-electron chi connectivity index (χ1n) is 7.98. The molecule has 0 spiro atoms. The molecule has 0 N–H and O–H groups in total. The number of rotatable bonds is 2. The van der Waals surface area contributed by atoms with Crippen molar-refractivity contribution < 1.29 is 0 Å². The highest BCUT2D eigenvalue weighted by Crippen LogP contribution is 2.25. The lowest BCUT2D eigenvalue weighted by atomic mass is 9.89. The number of hydrogen-bond acceptors (Lipinski definition) is 0. The van der Waals surface area contributed by atoms with E-state index in [1.807, 2.05) is 0 Å². The number of hydrogen-bond donors (Lipinski definition) is 0. The van der Waals surface area contributed by atoms with Gasteiger partial charge in [0.05, 0.1) is 0 Å². The summed E-state index contributed by atoms with van der Waals surface area (Å²) in [6, 6.07) is 14.2. The van der Waals surface area contributed by atoms with Crippen molar-refractivity contribution >= 4 is 18.4 Å². The zero-order chi connectivity index (χ0) is 16.1. The molecule has 0 heterocycles. The third-order valence-corrected chi connectivity index (χ3v) is 8.19. The van der Waals surface area contributed by atoms with Gasteiger partial charge in [-0.3, -0.25) is 0 Å². The van der Waals surface area contributed by atoms with E-state index < -0.39 is 8.07 Å². The van der Waals surface area contributed by atoms with Crippen molar-refractivity contribution in [3.63, 3.8) is 0 Å². The SMILES string of the molecule is CC(C)(C)c1cc[c-]([Si](C)(C)c2c[cH-]c(C(C)(C)C)c2)c1. The van der Waals surface area contributed by atoms with Crippen LogP contribution >= 0.6 is 0 Å². The van der Waals surface area contributed by atoms with Crippen LogP contribution in [0.5, 0.6) is 0 Å². The van der Waals surface area contributed by atoms with E-state index in [4.69, 9.17) is 0 Å². The fourth-order valence-electron chi connectivity index (χ4n) is 2.76. The van der Waals surface area contributed by atoms with E-state index in [1.165, 1.54) is 11.1 Å². The Morgan fingerprint density at radius 2 is 1.62 bits per heavy atom. The Balaban J connectivity index is 2.38. The minimum Gasteiger partial charge on any atom is -0.210 e. The molecule has 0 aliphatic carbocycles. The predicted octanol–water partition coefficient (Wildman–Crippen LogP) is 4.54. The van der Waals surface area contributed by atoms with E-state index in [9.17, 15) is 0 Å². The van der Waals surface area contributed by atoms with Crippen LogP contribution in [0.25, 0.3) is 0 Å². The zero-order valence-corrected chi connectivity index (χ0v) is 16.0. The fraction of sp³-hybridized carbons (Fsp3) is 0.500. The summed E-state index contributed by atoms with van der Waals surface area (Å²) in [4.78, 5) is 0. The summed E-state index contributed by atoms with van der Waals surface area (Å²) in [5, 5.41) is 3.11. The summed E-state index contributed by atoms with van der Waals surface area (Å²) < 4.78 is 0. The van der Waals surface area contributed by atoms with E-state index in [0.717, 1.165) is 0 Å². The summed E-state index contributed by atoms with van der Waals surface area (Å²) in [5.41, 5.74) is 3.40. The topological polar surface area (TPSA) is 0 Å². The first-order valence-corrected chi connectivity index (χ1v) is 11.0. The average Bonchev–Trinajstić information content (AvgIpc) is 2.97. The Kier molecular flexibility index (Phi) is 3.86. The van der Waals surface area contributed by atoms with Crippen molar-refractivity contribution in [3.8, 4) is 0 Å². The Bertz CT molecular complexity index is 555. The van der Waals surface area contributed by atoms with E-state index in [2.05, 4.69) is 91.0 Å². The Morgan fingerprint density at radius 1 is 1.00 bits per heavy atom. The molecule has 2 aromatic rings. The quantitative estimate of drug-likeness (QED) is 0.564. The average molecular weight is 299 g/mol. The van der Waals surface area contributed by atoms with Crippen molar-refractivity contribution in [2.75, 3.05) is 0 Å². The van der Waals surface area contributed by atoms with Gasteiger partial charge in [0.15, 0.2) is 0 Å². The van der Waals surface area contributed by atoms with Crippen LogP contribution in [-0.4, -0.2) is 8.07 Å². The summed E-state index contributed by atoms with van der Waals surface area (Å²) in [6.45, 7) is 18.7. The molecule has 1 heteroatoms. The second-order valence-corrected chi connectivity index (χ2v) is 13.3. The Hall–Kier alpha value is -1.08. The lowest BCUT2D eigenvalue weighted by molar-refractivity contribution is 0.592. The lowest BCUT2D eigenvalue weighted by Crippen LogP contribution is -2.51. The van der Waals surface area contributed by atoms with Gasteiger partial charge in [-0.05, 0) is 13.5 Å². The van der Waals surface area contributed by atoms with Crippen LogP contribution in [0, 0.1) is 0 Å². The fourth-order valence-corrected chi connectivity index (χ4v) is 5.13. The van der Waals surface area contributed by atoms with Crippen molar-refractivity contribution in [3.05, 3.63) is 47.5 Å². The van der Waals surface area contributed by atoms with Crippen LogP contribution in [0.3, 0.4) is 0 Å². The second kappa shape index (κ2) is 4.98. The van der Waals surface area contributed by atoms with Crippen molar-refractivity contribution in [1.29, 1.82) is 0 Å². The maximum absolute atomic E-state index is 2.47. The minimum atomic E-state index is -1.57. The van der Waals surface area contributed by atoms with Gasteiger partial charge in [0.1, 0.15) is 0 Å². The van der Waals surface area contributed by atoms with E-state index in [0.29, 0.717) is 0 Å². The van der Waals surface area contributed by atoms with Gasteiger partial charge < -0.3 is 0 Å². The molecule has 21 heavy (non-hydrogen) atoms. The molecule has 0 aliphatic heterocycles. The first kappa shape index (κ1) is 16.3. The highest BCUT2D eigenvalue weighted by atomic mass is 28.3. The van der Waals surface area contributed by atoms with Crippen LogP contribution < -0.4 is 10.4 Å². The van der Waals surface area contributed by atoms with Crippen LogP contribution in [0.1, 0.15) is 52.7 Å². The normalized spacial score (nSPS) is 13.7. The Morgan fingerprint density at radius 3 is 2.05 bits per heavy atom. The molecule has 116 valence electrons. The summed E-state index contributed by atoms with van der Waals surface area (Å²) in [6.07, 6.45) is 0. The zero-order valence-electron chi connectivity index (χ0n) is 15.0. The molecule has 0 saturated carbocycles. The van der Waals surface area contributed by atoms with Gasteiger partial charge in [-0.25, -0.2) is 17.3 Å². The summed E-state index contributed by atoms with van der Waals surface area (Å²) in [7, 11) is -1.57. The molecule has 0 aromatic heterocycles. The van der Waals surface area contributed by atoms with Gasteiger partial charge >= 0.3 is 0 Å². The third kappa shape index (κ3) is 3.23. The molecule has 2 rings (SSSR count). The molecule has 0 radical (unpaired) electrons. The van der Waals surface area contributed by atoms with Crippen molar-refractivity contribution in [1.82, 2.24) is 0 Å². The van der Waals surface area contributed by atoms with Crippen LogP contribution in [0.2, 0.25) is 13.1 Å². The molecular formula is C20H30Si-2. The van der Waals surface area contributed by atoms with Crippen LogP contribution in [-0.2, 0) is 10.8 Å². The molecule has 0 atom stereocenters. The predicted molar refractivity (Wildman–Crippen MR) is 98.2 cm³/mol. The Labute approximate surface area is 131 Å². The lowest BCUT2D eigenvalue weighted by Gasteiger charge is -2.33. The van der Waals surface area contributed by atoms with Gasteiger partial charge in [0.2, 0.25) is 0 Å². The smallest absolute Gasteiger partial charge is 0.0206 e. The molecule has 0 fully saturated rings. The third-order valence-electron chi connectivity index (χ3n) is 4.68. The first-order chi connectivity index (χ1) is 9.42. The van der Waals surface area contributed by atoms with E-state index >= 15 is 0 Å². The molecule has 0 saturated heterocycles. The highest BCUT2D eigenvalue weighted by molar-refractivity contribution is 7.00. The monoisotopic (exact) mass is 298 g/mol. The largest absolute Gasteiger partial charge is 0.210 e. The van der Waals surface area contributed by atoms with Crippen LogP contribution in [0.15, 0.2) is 36.4 Å². The highest BCUT2D eigenvalue weighted by Gasteiger charge is 2.19. The van der Waals surface area contributed by atoms with Crippen molar-refractivity contribution in [2.24, 2.45) is 0 Å². The standard InChI is InChI=1S/C20H30Si/c1-19(2,3)15-9-11-17(13-15)21(7,8)18-12-10-16(14-18)20(4,5)6/h9-14H,1-8H3/q-2. The molecule has 0 bridgehead atoms. The maximum Gasteiger partial charge on any atom is -0.0206 e. The molecule has 2 aromatic carbocycles. The molecule has 0 nitrogen and oxygen atoms in total. The van der Waals surface area contributed by atoms with E-state index in [1.54, 1.807) is 10.4 Å². The molecular weight excluding hydrogens is 268 g/mol. The van der Waals surface area contributed by atoms with Crippen molar-refractivity contribution in [2.45, 2.75) is 65.5 Å². The van der Waals surface area contributed by atoms with Gasteiger partial charge in [0, 0.05) is 0 Å². The van der Waals surface area contributed by atoms with E-state index in [-0.39, 0.29) is 10.8 Å². The van der Waals surface area contributed by atoms with Gasteiger partial charge in [0.25, 0.3) is 0 Å². The molecule has 0 aliphatic rings. The van der Waals surface area contributed by atoms with Gasteiger partial charge in [-0.1, -0.05) is 60.1 Å². The minimum absolute atomic E-state index is 0.241. The van der Waals surface area contributed by atoms with Gasteiger partial charge in [-0.2, -0.15) is 40.6 Å². The maximum atomic E-state index is 2.47.